The van der Waals surface area contributed by atoms with Crippen molar-refractivity contribution in [3.8, 4) is 0 Å². The number of amides is 2. The Morgan fingerprint density at radius 1 is 1.13 bits per heavy atom. The summed E-state index contributed by atoms with van der Waals surface area (Å²) < 4.78 is 10.5. The Morgan fingerprint density at radius 2 is 1.71 bits per heavy atom. The van der Waals surface area contributed by atoms with Crippen molar-refractivity contribution in [2.75, 3.05) is 25.0 Å². The molecular weight excluding hydrogens is 467 g/mol. The van der Waals surface area contributed by atoms with E-state index in [0.717, 1.165) is 5.69 Å². The molecule has 1 saturated heterocycles. The molecule has 31 heavy (non-hydrogen) atoms. The normalized spacial score (nSPS) is 16.2. The number of carbonyl (C=O) groups is 2. The standard InChI is InChI=1S/C20H31Cl3N4O4/c1-18(2,3)14-11-15(24-16(28)30-12-20(21,22)23)27(25-14)13-7-9-26(10-8-13)17(29)31-19(4,5)6/h11,13H,7-10,12H2,1-6H3,(H,24,28). The third-order valence-electron chi connectivity index (χ3n) is 4.56. The first-order valence-electron chi connectivity index (χ1n) is 10.1. The van der Waals surface area contributed by atoms with Crippen LogP contribution in [0.25, 0.3) is 0 Å². The second kappa shape index (κ2) is 9.63. The molecule has 0 unspecified atom stereocenters. The number of carbonyl (C=O) groups excluding carboxylic acids is 2. The maximum absolute atomic E-state index is 12.3. The van der Waals surface area contributed by atoms with E-state index in [0.29, 0.717) is 31.7 Å². The van der Waals surface area contributed by atoms with Crippen LogP contribution in [0.15, 0.2) is 6.07 Å². The van der Waals surface area contributed by atoms with E-state index in [-0.39, 0.29) is 24.2 Å². The number of aromatic nitrogens is 2. The molecule has 0 aliphatic carbocycles. The number of ether oxygens (including phenoxy) is 2. The highest BCUT2D eigenvalue weighted by Crippen LogP contribution is 2.31. The van der Waals surface area contributed by atoms with Gasteiger partial charge in [-0.15, -0.1) is 0 Å². The zero-order valence-electron chi connectivity index (χ0n) is 18.8. The van der Waals surface area contributed by atoms with Gasteiger partial charge in [0.25, 0.3) is 0 Å². The van der Waals surface area contributed by atoms with Crippen LogP contribution < -0.4 is 5.32 Å². The molecule has 1 fully saturated rings. The van der Waals surface area contributed by atoms with Crippen molar-refractivity contribution >= 4 is 52.8 Å². The van der Waals surface area contributed by atoms with Gasteiger partial charge >= 0.3 is 12.2 Å². The molecule has 0 saturated carbocycles. The molecule has 0 bridgehead atoms. The highest BCUT2D eigenvalue weighted by Gasteiger charge is 2.31. The Morgan fingerprint density at radius 3 is 2.19 bits per heavy atom. The number of nitrogens with zero attached hydrogens (tertiary/aromatic N) is 3. The molecule has 2 amide bonds. The predicted molar refractivity (Wildman–Crippen MR) is 122 cm³/mol. The van der Waals surface area contributed by atoms with Gasteiger partial charge in [0.1, 0.15) is 18.0 Å². The number of halogens is 3. The molecule has 2 heterocycles. The molecule has 0 atom stereocenters. The minimum Gasteiger partial charge on any atom is -0.445 e. The van der Waals surface area contributed by atoms with Crippen LogP contribution in [0.4, 0.5) is 15.4 Å². The van der Waals surface area contributed by atoms with Crippen LogP contribution in [0.1, 0.15) is 66.1 Å². The van der Waals surface area contributed by atoms with E-state index in [9.17, 15) is 9.59 Å². The van der Waals surface area contributed by atoms with Gasteiger partial charge in [-0.25, -0.2) is 14.3 Å². The number of likely N-dealkylation sites (tertiary alicyclic amines) is 1. The topological polar surface area (TPSA) is 85.7 Å². The average molecular weight is 498 g/mol. The summed E-state index contributed by atoms with van der Waals surface area (Å²) >= 11 is 16.9. The van der Waals surface area contributed by atoms with Gasteiger partial charge < -0.3 is 14.4 Å². The Hall–Kier alpha value is -1.38. The summed E-state index contributed by atoms with van der Waals surface area (Å²) in [6, 6.07) is 1.81. The van der Waals surface area contributed by atoms with Gasteiger partial charge in [0.2, 0.25) is 3.79 Å². The number of hydrogen-bond donors (Lipinski definition) is 1. The van der Waals surface area contributed by atoms with Crippen LogP contribution >= 0.6 is 34.8 Å². The molecule has 1 N–H and O–H groups in total. The first-order valence-corrected chi connectivity index (χ1v) is 11.3. The Labute approximate surface area is 198 Å². The lowest BCUT2D eigenvalue weighted by Crippen LogP contribution is -2.42. The van der Waals surface area contributed by atoms with E-state index in [1.54, 1.807) is 9.58 Å². The lowest BCUT2D eigenvalue weighted by Gasteiger charge is -2.34. The lowest BCUT2D eigenvalue weighted by molar-refractivity contribution is 0.0185. The smallest absolute Gasteiger partial charge is 0.412 e. The minimum absolute atomic E-state index is 0.00161. The summed E-state index contributed by atoms with van der Waals surface area (Å²) in [6.07, 6.45) is 0.277. The number of alkyl halides is 3. The number of piperidine rings is 1. The second-order valence-electron chi connectivity index (χ2n) is 9.62. The average Bonchev–Trinajstić information content (AvgIpc) is 3.02. The molecule has 176 valence electrons. The van der Waals surface area contributed by atoms with Gasteiger partial charge in [-0.3, -0.25) is 5.32 Å². The predicted octanol–water partition coefficient (Wildman–Crippen LogP) is 5.67. The minimum atomic E-state index is -1.69. The van der Waals surface area contributed by atoms with E-state index >= 15 is 0 Å². The number of anilines is 1. The summed E-state index contributed by atoms with van der Waals surface area (Å²) in [4.78, 5) is 26.2. The lowest BCUT2D eigenvalue weighted by atomic mass is 9.92. The van der Waals surface area contributed by atoms with Crippen molar-refractivity contribution in [1.29, 1.82) is 0 Å². The van der Waals surface area contributed by atoms with Gasteiger partial charge in [0.15, 0.2) is 0 Å². The third kappa shape index (κ3) is 8.24. The van der Waals surface area contributed by atoms with E-state index in [4.69, 9.17) is 49.4 Å². The molecule has 0 radical (unpaired) electrons. The SMILES string of the molecule is CC(C)(C)OC(=O)N1CCC(n2nc(C(C)(C)C)cc2NC(=O)OCC(Cl)(Cl)Cl)CC1. The highest BCUT2D eigenvalue weighted by molar-refractivity contribution is 6.67. The van der Waals surface area contributed by atoms with Crippen molar-refractivity contribution in [3.05, 3.63) is 11.8 Å². The number of rotatable bonds is 3. The molecule has 11 heteroatoms. The molecule has 1 aliphatic rings. The van der Waals surface area contributed by atoms with Gasteiger partial charge in [0.05, 0.1) is 11.7 Å². The molecule has 8 nitrogen and oxygen atoms in total. The Kier molecular flexibility index (Phi) is 8.04. The van der Waals surface area contributed by atoms with Gasteiger partial charge in [-0.1, -0.05) is 55.6 Å². The van der Waals surface area contributed by atoms with Crippen LogP contribution in [0.5, 0.6) is 0 Å². The first-order chi connectivity index (χ1) is 14.0. The fraction of sp³-hybridized carbons (Fsp3) is 0.750. The molecule has 1 aliphatic heterocycles. The molecular formula is C20H31Cl3N4O4. The van der Waals surface area contributed by atoms with E-state index in [2.05, 4.69) is 5.32 Å². The summed E-state index contributed by atoms with van der Waals surface area (Å²) in [5.41, 5.74) is 0.0564. The fourth-order valence-electron chi connectivity index (χ4n) is 3.04. The maximum atomic E-state index is 12.3. The van der Waals surface area contributed by atoms with Crippen LogP contribution in [0, 0.1) is 0 Å². The van der Waals surface area contributed by atoms with Crippen molar-refractivity contribution < 1.29 is 19.1 Å². The van der Waals surface area contributed by atoms with Crippen molar-refractivity contribution in [1.82, 2.24) is 14.7 Å². The second-order valence-corrected chi connectivity index (χ2v) is 12.1. The van der Waals surface area contributed by atoms with E-state index < -0.39 is 15.5 Å². The largest absolute Gasteiger partial charge is 0.445 e. The van der Waals surface area contributed by atoms with E-state index in [1.165, 1.54) is 0 Å². The summed E-state index contributed by atoms with van der Waals surface area (Å²) in [6.45, 7) is 12.3. The Bertz CT molecular complexity index is 786. The molecule has 0 spiro atoms. The molecule has 0 aromatic carbocycles. The summed E-state index contributed by atoms with van der Waals surface area (Å²) in [5.74, 6) is 0.495. The summed E-state index contributed by atoms with van der Waals surface area (Å²) in [7, 11) is 0. The van der Waals surface area contributed by atoms with E-state index in [1.807, 2.05) is 47.6 Å². The van der Waals surface area contributed by atoms with Crippen molar-refractivity contribution in [2.24, 2.45) is 0 Å². The first kappa shape index (κ1) is 25.9. The monoisotopic (exact) mass is 496 g/mol. The van der Waals surface area contributed by atoms with Gasteiger partial charge in [-0.2, -0.15) is 5.10 Å². The number of hydrogen-bond acceptors (Lipinski definition) is 5. The van der Waals surface area contributed by atoms with Crippen molar-refractivity contribution in [2.45, 2.75) is 75.2 Å². The van der Waals surface area contributed by atoms with Crippen LogP contribution in [-0.2, 0) is 14.9 Å². The van der Waals surface area contributed by atoms with Crippen LogP contribution in [0.3, 0.4) is 0 Å². The highest BCUT2D eigenvalue weighted by atomic mass is 35.6. The zero-order valence-corrected chi connectivity index (χ0v) is 21.1. The third-order valence-corrected chi connectivity index (χ3v) is 4.89. The Balaban J connectivity index is 2.12. The van der Waals surface area contributed by atoms with Crippen LogP contribution in [0.2, 0.25) is 0 Å². The fourth-order valence-corrected chi connectivity index (χ4v) is 3.20. The molecule has 2 rings (SSSR count). The van der Waals surface area contributed by atoms with Gasteiger partial charge in [-0.05, 0) is 33.6 Å². The maximum Gasteiger partial charge on any atom is 0.412 e. The number of nitrogens with one attached hydrogen (secondary N) is 1. The van der Waals surface area contributed by atoms with Crippen molar-refractivity contribution in [3.63, 3.8) is 0 Å². The van der Waals surface area contributed by atoms with Gasteiger partial charge in [0, 0.05) is 24.6 Å². The zero-order chi connectivity index (χ0) is 23.6. The molecule has 1 aromatic heterocycles. The van der Waals surface area contributed by atoms with Crippen LogP contribution in [-0.4, -0.2) is 56.0 Å². The quantitative estimate of drug-likeness (QED) is 0.544. The summed E-state index contributed by atoms with van der Waals surface area (Å²) in [5, 5.41) is 7.43. The molecule has 1 aromatic rings.